The summed E-state index contributed by atoms with van der Waals surface area (Å²) >= 11 is 0. The molecule has 1 saturated heterocycles. The van der Waals surface area contributed by atoms with Gasteiger partial charge in [-0.2, -0.15) is 0 Å². The highest BCUT2D eigenvalue weighted by Gasteiger charge is 2.45. The first kappa shape index (κ1) is 23.6. The van der Waals surface area contributed by atoms with Gasteiger partial charge in [-0.15, -0.1) is 0 Å². The third-order valence-electron chi connectivity index (χ3n) is 5.56. The number of hydrogen-bond donors (Lipinski definition) is 1. The number of nitrogens with zero attached hydrogens (tertiary/aromatic N) is 2. The number of carbonyl (C=O) groups excluding carboxylic acids is 3. The van der Waals surface area contributed by atoms with Crippen molar-refractivity contribution in [2.45, 2.75) is 78.0 Å². The molecule has 0 radical (unpaired) electrons. The first-order chi connectivity index (χ1) is 13.4. The molecule has 166 valence electrons. The molecule has 0 aromatic rings. The van der Waals surface area contributed by atoms with Crippen molar-refractivity contribution in [3.8, 4) is 0 Å². The van der Waals surface area contributed by atoms with Crippen molar-refractivity contribution in [2.24, 2.45) is 17.8 Å². The summed E-state index contributed by atoms with van der Waals surface area (Å²) in [6, 6.07) is -0.262. The molecule has 2 unspecified atom stereocenters. The molecule has 7 heteroatoms. The highest BCUT2D eigenvalue weighted by molar-refractivity contribution is 6.00. The molecule has 2 aliphatic rings. The van der Waals surface area contributed by atoms with E-state index in [1.165, 1.54) is 0 Å². The van der Waals surface area contributed by atoms with Gasteiger partial charge in [0.25, 0.3) is 0 Å². The van der Waals surface area contributed by atoms with E-state index < -0.39 is 23.5 Å². The maximum atomic E-state index is 13.2. The highest BCUT2D eigenvalue weighted by atomic mass is 16.6. The molecule has 0 aromatic heterocycles. The first-order valence-corrected chi connectivity index (χ1v) is 10.9. The van der Waals surface area contributed by atoms with E-state index in [1.54, 1.807) is 20.8 Å². The zero-order valence-corrected chi connectivity index (χ0v) is 19.2. The molecule has 29 heavy (non-hydrogen) atoms. The van der Waals surface area contributed by atoms with Crippen LogP contribution in [0.2, 0.25) is 0 Å². The maximum Gasteiger partial charge on any atom is 0.319 e. The Bertz CT molecular complexity index is 608. The number of esters is 1. The molecule has 3 atom stereocenters. The lowest BCUT2D eigenvalue weighted by atomic mass is 9.98. The van der Waals surface area contributed by atoms with E-state index in [0.29, 0.717) is 25.6 Å². The molecule has 7 nitrogen and oxygen atoms in total. The van der Waals surface area contributed by atoms with Crippen LogP contribution in [0.15, 0.2) is 0 Å². The van der Waals surface area contributed by atoms with Crippen LogP contribution in [0.25, 0.3) is 0 Å². The largest absolute Gasteiger partial charge is 0.459 e. The molecule has 2 rings (SSSR count). The number of nitrogens with one attached hydrogen (secondary N) is 1. The van der Waals surface area contributed by atoms with E-state index in [2.05, 4.69) is 10.2 Å². The van der Waals surface area contributed by atoms with Gasteiger partial charge < -0.3 is 19.9 Å². The molecule has 1 heterocycles. The normalized spacial score (nSPS) is 22.0. The van der Waals surface area contributed by atoms with Crippen LogP contribution < -0.4 is 5.32 Å². The second-order valence-corrected chi connectivity index (χ2v) is 10.2. The summed E-state index contributed by atoms with van der Waals surface area (Å²) in [5, 5.41) is 2.91. The first-order valence-electron chi connectivity index (χ1n) is 10.9. The van der Waals surface area contributed by atoms with E-state index in [-0.39, 0.29) is 23.7 Å². The summed E-state index contributed by atoms with van der Waals surface area (Å²) in [6.07, 6.45) is 3.18. The number of hydrogen-bond acceptors (Lipinski definition) is 5. The fourth-order valence-corrected chi connectivity index (χ4v) is 3.85. The maximum absolute atomic E-state index is 13.2. The van der Waals surface area contributed by atoms with Crippen LogP contribution in [0.5, 0.6) is 0 Å². The SMILES string of the molecule is CC(C)C[C@H](NC(=O)C(C(=O)OC(C)(C)C)C1CC1)C(=O)N1CCC(N(C)C)C1. The Morgan fingerprint density at radius 1 is 1.14 bits per heavy atom. The average molecular weight is 410 g/mol. The van der Waals surface area contributed by atoms with Crippen molar-refractivity contribution < 1.29 is 19.1 Å². The molecule has 1 aliphatic heterocycles. The van der Waals surface area contributed by atoms with Gasteiger partial charge in [0.05, 0.1) is 0 Å². The minimum absolute atomic E-state index is 0.0181. The minimum Gasteiger partial charge on any atom is -0.459 e. The fourth-order valence-electron chi connectivity index (χ4n) is 3.85. The van der Waals surface area contributed by atoms with E-state index in [9.17, 15) is 14.4 Å². The summed E-state index contributed by atoms with van der Waals surface area (Å²) in [4.78, 5) is 42.8. The second kappa shape index (κ2) is 9.45. The van der Waals surface area contributed by atoms with Gasteiger partial charge in [0, 0.05) is 19.1 Å². The van der Waals surface area contributed by atoms with Crippen molar-refractivity contribution in [1.82, 2.24) is 15.1 Å². The van der Waals surface area contributed by atoms with Gasteiger partial charge in [-0.25, -0.2) is 0 Å². The molecule has 2 fully saturated rings. The van der Waals surface area contributed by atoms with Gasteiger partial charge in [-0.05, 0) is 72.4 Å². The topological polar surface area (TPSA) is 78.9 Å². The molecular formula is C22H39N3O4. The molecule has 0 bridgehead atoms. The van der Waals surface area contributed by atoms with Crippen molar-refractivity contribution in [3.05, 3.63) is 0 Å². The summed E-state index contributed by atoms with van der Waals surface area (Å²) in [6.45, 7) is 10.8. The monoisotopic (exact) mass is 409 g/mol. The summed E-state index contributed by atoms with van der Waals surface area (Å²) in [7, 11) is 4.04. The zero-order valence-electron chi connectivity index (χ0n) is 19.2. The summed E-state index contributed by atoms with van der Waals surface area (Å²) < 4.78 is 5.49. The Morgan fingerprint density at radius 3 is 2.21 bits per heavy atom. The molecule has 0 spiro atoms. The number of likely N-dealkylation sites (N-methyl/N-ethyl adjacent to an activating group) is 1. The van der Waals surface area contributed by atoms with Gasteiger partial charge in [0.2, 0.25) is 11.8 Å². The van der Waals surface area contributed by atoms with Crippen molar-refractivity contribution in [2.75, 3.05) is 27.2 Å². The van der Waals surface area contributed by atoms with Gasteiger partial charge in [-0.1, -0.05) is 13.8 Å². The molecular weight excluding hydrogens is 370 g/mol. The van der Waals surface area contributed by atoms with E-state index in [1.807, 2.05) is 32.8 Å². The zero-order chi connectivity index (χ0) is 21.9. The van der Waals surface area contributed by atoms with Gasteiger partial charge in [-0.3, -0.25) is 14.4 Å². The lowest BCUT2D eigenvalue weighted by Crippen LogP contribution is -2.52. The third kappa shape index (κ3) is 6.98. The van der Waals surface area contributed by atoms with Crippen LogP contribution in [-0.2, 0) is 19.1 Å². The van der Waals surface area contributed by atoms with E-state index in [0.717, 1.165) is 19.3 Å². The highest BCUT2D eigenvalue weighted by Crippen LogP contribution is 2.38. The van der Waals surface area contributed by atoms with Gasteiger partial charge in [0.15, 0.2) is 0 Å². The smallest absolute Gasteiger partial charge is 0.319 e. The molecule has 1 N–H and O–H groups in total. The van der Waals surface area contributed by atoms with Gasteiger partial charge in [0.1, 0.15) is 17.6 Å². The molecule has 1 saturated carbocycles. The predicted molar refractivity (Wildman–Crippen MR) is 112 cm³/mol. The quantitative estimate of drug-likeness (QED) is 0.490. The standard InChI is InChI=1S/C22H39N3O4/c1-14(2)12-17(20(27)25-11-10-16(13-25)24(6)7)23-19(26)18(15-8-9-15)21(28)29-22(3,4)5/h14-18H,8-13H2,1-7H3,(H,23,26)/t16?,17-,18?/m0/s1. The lowest BCUT2D eigenvalue weighted by molar-refractivity contribution is -0.164. The molecule has 2 amide bonds. The predicted octanol–water partition coefficient (Wildman–Crippen LogP) is 2.05. The number of likely N-dealkylation sites (tertiary alicyclic amines) is 1. The van der Waals surface area contributed by atoms with Gasteiger partial charge >= 0.3 is 5.97 Å². The van der Waals surface area contributed by atoms with Crippen LogP contribution in [0, 0.1) is 17.8 Å². The Kier molecular flexibility index (Phi) is 7.71. The molecule has 0 aromatic carbocycles. The Hall–Kier alpha value is -1.63. The third-order valence-corrected chi connectivity index (χ3v) is 5.56. The molecule has 1 aliphatic carbocycles. The van der Waals surface area contributed by atoms with Crippen molar-refractivity contribution in [1.29, 1.82) is 0 Å². The number of carbonyl (C=O) groups is 3. The fraction of sp³-hybridized carbons (Fsp3) is 0.864. The van der Waals surface area contributed by atoms with Crippen molar-refractivity contribution in [3.63, 3.8) is 0 Å². The number of amides is 2. The Morgan fingerprint density at radius 2 is 1.76 bits per heavy atom. The van der Waals surface area contributed by atoms with Crippen molar-refractivity contribution >= 4 is 17.8 Å². The van der Waals surface area contributed by atoms with Crippen LogP contribution in [0.1, 0.15) is 60.3 Å². The number of ether oxygens (including phenoxy) is 1. The lowest BCUT2D eigenvalue weighted by Gasteiger charge is -2.28. The van der Waals surface area contributed by atoms with Crippen LogP contribution in [0.4, 0.5) is 0 Å². The van der Waals surface area contributed by atoms with E-state index in [4.69, 9.17) is 4.74 Å². The van der Waals surface area contributed by atoms with E-state index >= 15 is 0 Å². The van der Waals surface area contributed by atoms with Crippen LogP contribution in [0.3, 0.4) is 0 Å². The Labute approximate surface area is 175 Å². The number of rotatable bonds is 8. The minimum atomic E-state index is -0.829. The Balaban J connectivity index is 2.08. The summed E-state index contributed by atoms with van der Waals surface area (Å²) in [5.74, 6) is -1.46. The average Bonchev–Trinajstić information content (AvgIpc) is 3.25. The van der Waals surface area contributed by atoms with Crippen LogP contribution >= 0.6 is 0 Å². The summed E-state index contributed by atoms with van der Waals surface area (Å²) in [5.41, 5.74) is -0.644. The van der Waals surface area contributed by atoms with Crippen LogP contribution in [-0.4, -0.2) is 72.5 Å². The second-order valence-electron chi connectivity index (χ2n) is 10.2.